The van der Waals surface area contributed by atoms with Crippen molar-refractivity contribution in [3.63, 3.8) is 0 Å². The minimum absolute atomic E-state index is 0.00658. The Hall–Kier alpha value is -0.610. The summed E-state index contributed by atoms with van der Waals surface area (Å²) in [6.45, 7) is 4.45. The van der Waals surface area contributed by atoms with Gasteiger partial charge in [0.1, 0.15) is 0 Å². The normalized spacial score (nSPS) is 19.3. The second kappa shape index (κ2) is 7.67. The predicted molar refractivity (Wildman–Crippen MR) is 68.7 cm³/mol. The van der Waals surface area contributed by atoms with Crippen LogP contribution in [0.25, 0.3) is 0 Å². The largest absolute Gasteiger partial charge is 0.395 e. The molecular weight excluding hydrogens is 216 g/mol. The van der Waals surface area contributed by atoms with E-state index in [-0.39, 0.29) is 18.6 Å². The molecule has 1 fully saturated rings. The number of aliphatic hydroxyl groups is 1. The third-order valence-electron chi connectivity index (χ3n) is 3.50. The fraction of sp³-hybridized carbons (Fsp3) is 0.923. The summed E-state index contributed by atoms with van der Waals surface area (Å²) >= 11 is 0. The van der Waals surface area contributed by atoms with Crippen LogP contribution < -0.4 is 10.6 Å². The van der Waals surface area contributed by atoms with Crippen LogP contribution in [0.1, 0.15) is 46.0 Å². The van der Waals surface area contributed by atoms with Gasteiger partial charge in [-0.25, -0.2) is 0 Å². The fourth-order valence-corrected chi connectivity index (χ4v) is 2.26. The van der Waals surface area contributed by atoms with Gasteiger partial charge in [0.2, 0.25) is 5.91 Å². The first-order valence-corrected chi connectivity index (χ1v) is 6.77. The van der Waals surface area contributed by atoms with E-state index < -0.39 is 0 Å². The Morgan fingerprint density at radius 3 is 2.47 bits per heavy atom. The monoisotopic (exact) mass is 242 g/mol. The van der Waals surface area contributed by atoms with Crippen LogP contribution in [0.5, 0.6) is 0 Å². The SMILES string of the molecule is CC(C)[C@@H](CO)NCC(=O)NC1CCCCC1. The molecule has 0 aromatic heterocycles. The number of aliphatic hydroxyl groups excluding tert-OH is 1. The fourth-order valence-electron chi connectivity index (χ4n) is 2.26. The molecular formula is C13H26N2O2. The van der Waals surface area contributed by atoms with Crippen LogP contribution in [0.2, 0.25) is 0 Å². The highest BCUT2D eigenvalue weighted by atomic mass is 16.3. The number of nitrogens with one attached hydrogen (secondary N) is 2. The standard InChI is InChI=1S/C13H26N2O2/c1-10(2)12(9-16)14-8-13(17)15-11-6-4-3-5-7-11/h10-12,14,16H,3-9H2,1-2H3,(H,15,17)/t12-/m1/s1. The Morgan fingerprint density at radius 2 is 1.94 bits per heavy atom. The van der Waals surface area contributed by atoms with Crippen LogP contribution in [0, 0.1) is 5.92 Å². The van der Waals surface area contributed by atoms with Crippen molar-refractivity contribution in [3.8, 4) is 0 Å². The van der Waals surface area contributed by atoms with Gasteiger partial charge in [0.15, 0.2) is 0 Å². The summed E-state index contributed by atoms with van der Waals surface area (Å²) in [6, 6.07) is 0.372. The molecule has 0 aromatic rings. The van der Waals surface area contributed by atoms with Gasteiger partial charge in [0, 0.05) is 12.1 Å². The molecule has 3 N–H and O–H groups in total. The Morgan fingerprint density at radius 1 is 1.29 bits per heavy atom. The van der Waals surface area contributed by atoms with Gasteiger partial charge >= 0.3 is 0 Å². The van der Waals surface area contributed by atoms with Crippen LogP contribution in [-0.2, 0) is 4.79 Å². The quantitative estimate of drug-likeness (QED) is 0.652. The first kappa shape index (κ1) is 14.5. The first-order chi connectivity index (χ1) is 8.13. The number of carbonyl (C=O) groups excluding carboxylic acids is 1. The van der Waals surface area contributed by atoms with Gasteiger partial charge in [-0.3, -0.25) is 4.79 Å². The molecule has 4 nitrogen and oxygen atoms in total. The van der Waals surface area contributed by atoms with E-state index in [1.54, 1.807) is 0 Å². The van der Waals surface area contributed by atoms with Crippen molar-refractivity contribution in [3.05, 3.63) is 0 Å². The smallest absolute Gasteiger partial charge is 0.234 e. The molecule has 1 rings (SSSR count). The maximum atomic E-state index is 11.7. The molecule has 1 amide bonds. The maximum Gasteiger partial charge on any atom is 0.234 e. The Bertz CT molecular complexity index is 225. The highest BCUT2D eigenvalue weighted by Crippen LogP contribution is 2.17. The molecule has 0 radical (unpaired) electrons. The molecule has 0 heterocycles. The molecule has 4 heteroatoms. The molecule has 0 spiro atoms. The lowest BCUT2D eigenvalue weighted by atomic mass is 9.95. The average Bonchev–Trinajstić information content (AvgIpc) is 2.30. The van der Waals surface area contributed by atoms with Gasteiger partial charge in [-0.15, -0.1) is 0 Å². The van der Waals surface area contributed by atoms with Crippen molar-refractivity contribution in [1.29, 1.82) is 0 Å². The molecule has 0 bridgehead atoms. The van der Waals surface area contributed by atoms with E-state index >= 15 is 0 Å². The second-order valence-corrected chi connectivity index (χ2v) is 5.32. The predicted octanol–water partition coefficient (Wildman–Crippen LogP) is 1.04. The summed E-state index contributed by atoms with van der Waals surface area (Å²) in [5.74, 6) is 0.387. The maximum absolute atomic E-state index is 11.7. The van der Waals surface area contributed by atoms with E-state index in [4.69, 9.17) is 5.11 Å². The number of amides is 1. The number of hydrogen-bond acceptors (Lipinski definition) is 3. The summed E-state index contributed by atoms with van der Waals surface area (Å²) < 4.78 is 0. The Labute approximate surface area is 104 Å². The zero-order chi connectivity index (χ0) is 12.7. The van der Waals surface area contributed by atoms with Gasteiger partial charge in [-0.1, -0.05) is 33.1 Å². The second-order valence-electron chi connectivity index (χ2n) is 5.32. The number of hydrogen-bond donors (Lipinski definition) is 3. The zero-order valence-corrected chi connectivity index (χ0v) is 11.0. The van der Waals surface area contributed by atoms with Gasteiger partial charge in [-0.2, -0.15) is 0 Å². The molecule has 1 aliphatic carbocycles. The average molecular weight is 242 g/mol. The minimum Gasteiger partial charge on any atom is -0.395 e. The van der Waals surface area contributed by atoms with Crippen LogP contribution in [-0.4, -0.2) is 36.2 Å². The van der Waals surface area contributed by atoms with E-state index in [1.165, 1.54) is 19.3 Å². The molecule has 0 aliphatic heterocycles. The highest BCUT2D eigenvalue weighted by Gasteiger charge is 2.17. The molecule has 0 unspecified atom stereocenters. The van der Waals surface area contributed by atoms with Crippen LogP contribution >= 0.6 is 0 Å². The third-order valence-corrected chi connectivity index (χ3v) is 3.50. The topological polar surface area (TPSA) is 61.4 Å². The highest BCUT2D eigenvalue weighted by molar-refractivity contribution is 5.78. The van der Waals surface area contributed by atoms with Crippen LogP contribution in [0.3, 0.4) is 0 Å². The summed E-state index contributed by atoms with van der Waals surface area (Å²) in [5.41, 5.74) is 0. The lowest BCUT2D eigenvalue weighted by Crippen LogP contribution is -2.46. The van der Waals surface area contributed by atoms with E-state index in [9.17, 15) is 4.79 Å². The van der Waals surface area contributed by atoms with E-state index in [0.717, 1.165) is 12.8 Å². The van der Waals surface area contributed by atoms with E-state index in [0.29, 0.717) is 18.5 Å². The lowest BCUT2D eigenvalue weighted by Gasteiger charge is -2.24. The van der Waals surface area contributed by atoms with Crippen molar-refractivity contribution < 1.29 is 9.90 Å². The Kier molecular flexibility index (Phi) is 6.52. The molecule has 1 atom stereocenters. The molecule has 100 valence electrons. The van der Waals surface area contributed by atoms with Gasteiger partial charge in [-0.05, 0) is 18.8 Å². The molecule has 1 saturated carbocycles. The molecule has 0 aromatic carbocycles. The molecule has 17 heavy (non-hydrogen) atoms. The Balaban J connectivity index is 2.19. The summed E-state index contributed by atoms with van der Waals surface area (Å²) in [4.78, 5) is 11.7. The number of carbonyl (C=O) groups is 1. The summed E-state index contributed by atoms with van der Waals surface area (Å²) in [7, 11) is 0. The van der Waals surface area contributed by atoms with Crippen LogP contribution in [0.15, 0.2) is 0 Å². The zero-order valence-electron chi connectivity index (χ0n) is 11.0. The first-order valence-electron chi connectivity index (χ1n) is 6.77. The minimum atomic E-state index is 0.00658. The molecule has 0 saturated heterocycles. The van der Waals surface area contributed by atoms with Crippen molar-refractivity contribution in [2.75, 3.05) is 13.2 Å². The van der Waals surface area contributed by atoms with E-state index in [2.05, 4.69) is 10.6 Å². The summed E-state index contributed by atoms with van der Waals surface area (Å²) in [5, 5.41) is 15.3. The van der Waals surface area contributed by atoms with Crippen molar-refractivity contribution in [2.45, 2.75) is 58.0 Å². The van der Waals surface area contributed by atoms with Crippen molar-refractivity contribution in [1.82, 2.24) is 10.6 Å². The summed E-state index contributed by atoms with van der Waals surface area (Å²) in [6.07, 6.45) is 5.97. The van der Waals surface area contributed by atoms with Gasteiger partial charge in [0.05, 0.1) is 13.2 Å². The van der Waals surface area contributed by atoms with Crippen LogP contribution in [0.4, 0.5) is 0 Å². The third kappa shape index (κ3) is 5.50. The van der Waals surface area contributed by atoms with Gasteiger partial charge in [0.25, 0.3) is 0 Å². The van der Waals surface area contributed by atoms with Crippen molar-refractivity contribution >= 4 is 5.91 Å². The van der Waals surface area contributed by atoms with Crippen molar-refractivity contribution in [2.24, 2.45) is 5.92 Å². The molecule has 1 aliphatic rings. The lowest BCUT2D eigenvalue weighted by molar-refractivity contribution is -0.121. The van der Waals surface area contributed by atoms with E-state index in [1.807, 2.05) is 13.8 Å². The van der Waals surface area contributed by atoms with Gasteiger partial charge < -0.3 is 15.7 Å². The number of rotatable bonds is 6.